The monoisotopic (exact) mass is 288 g/mol. The minimum absolute atomic E-state index is 0.0126. The molecule has 1 rings (SSSR count). The smallest absolute Gasteiger partial charge is 0.254 e. The van der Waals surface area contributed by atoms with E-state index >= 15 is 0 Å². The van der Waals surface area contributed by atoms with Crippen LogP contribution < -0.4 is 5.32 Å². The van der Waals surface area contributed by atoms with Crippen LogP contribution in [0.1, 0.15) is 28.4 Å². The van der Waals surface area contributed by atoms with Crippen LogP contribution in [0.25, 0.3) is 0 Å². The zero-order valence-corrected chi connectivity index (χ0v) is 12.6. The third-order valence-electron chi connectivity index (χ3n) is 2.97. The molecule has 0 aliphatic heterocycles. The second kappa shape index (κ2) is 8.08. The van der Waals surface area contributed by atoms with Crippen molar-refractivity contribution in [2.24, 2.45) is 0 Å². The number of hydrogen-bond acceptors (Lipinski definition) is 3. The summed E-state index contributed by atoms with van der Waals surface area (Å²) >= 11 is 0. The van der Waals surface area contributed by atoms with Crippen LogP contribution in [-0.2, 0) is 4.79 Å². The third-order valence-corrected chi connectivity index (χ3v) is 2.97. The van der Waals surface area contributed by atoms with Crippen molar-refractivity contribution in [2.45, 2.75) is 13.8 Å². The van der Waals surface area contributed by atoms with E-state index in [2.05, 4.69) is 17.2 Å². The highest BCUT2D eigenvalue weighted by Gasteiger charge is 2.17. The van der Waals surface area contributed by atoms with Gasteiger partial charge in [0.15, 0.2) is 0 Å². The Morgan fingerprint density at radius 3 is 2.71 bits per heavy atom. The van der Waals surface area contributed by atoms with E-state index in [1.54, 1.807) is 32.2 Å². The molecule has 5 nitrogen and oxygen atoms in total. The molecule has 0 heterocycles. The minimum atomic E-state index is -0.230. The van der Waals surface area contributed by atoms with E-state index in [1.807, 2.05) is 6.92 Å². The first-order valence-electron chi connectivity index (χ1n) is 6.72. The Morgan fingerprint density at radius 2 is 2.10 bits per heavy atom. The van der Waals surface area contributed by atoms with Gasteiger partial charge in [0, 0.05) is 24.7 Å². The lowest BCUT2D eigenvalue weighted by Crippen LogP contribution is -2.38. The molecular formula is C16H20N2O3. The van der Waals surface area contributed by atoms with Crippen LogP contribution >= 0.6 is 0 Å². The van der Waals surface area contributed by atoms with Crippen LogP contribution in [0.15, 0.2) is 18.2 Å². The number of likely N-dealkylation sites (N-methyl/N-ethyl adjacent to an activating group) is 2. The van der Waals surface area contributed by atoms with Crippen molar-refractivity contribution in [1.82, 2.24) is 10.2 Å². The maximum atomic E-state index is 12.4. The molecule has 1 aromatic rings. The van der Waals surface area contributed by atoms with Crippen molar-refractivity contribution in [3.8, 4) is 11.8 Å². The SMILES string of the molecule is CCNC(=O)CN(C)C(=O)c1cccc(C#CCO)c1C. The largest absolute Gasteiger partial charge is 0.384 e. The zero-order chi connectivity index (χ0) is 15.8. The van der Waals surface area contributed by atoms with Crippen LogP contribution in [0, 0.1) is 18.8 Å². The summed E-state index contributed by atoms with van der Waals surface area (Å²) in [7, 11) is 1.59. The fourth-order valence-corrected chi connectivity index (χ4v) is 1.88. The Labute approximate surface area is 125 Å². The molecule has 0 unspecified atom stereocenters. The van der Waals surface area contributed by atoms with E-state index in [0.29, 0.717) is 17.7 Å². The van der Waals surface area contributed by atoms with Gasteiger partial charge in [-0.3, -0.25) is 9.59 Å². The van der Waals surface area contributed by atoms with Gasteiger partial charge in [-0.15, -0.1) is 0 Å². The summed E-state index contributed by atoms with van der Waals surface area (Å²) in [5.74, 6) is 4.95. The summed E-state index contributed by atoms with van der Waals surface area (Å²) < 4.78 is 0. The molecule has 112 valence electrons. The van der Waals surface area contributed by atoms with Gasteiger partial charge >= 0.3 is 0 Å². The Balaban J connectivity index is 2.94. The van der Waals surface area contributed by atoms with Crippen LogP contribution in [0.4, 0.5) is 0 Å². The molecule has 0 aliphatic rings. The molecular weight excluding hydrogens is 268 g/mol. The number of amides is 2. The van der Waals surface area contributed by atoms with Gasteiger partial charge in [-0.05, 0) is 31.5 Å². The van der Waals surface area contributed by atoms with Crippen LogP contribution in [0.5, 0.6) is 0 Å². The van der Waals surface area contributed by atoms with Gasteiger partial charge in [0.25, 0.3) is 5.91 Å². The molecule has 1 aromatic carbocycles. The lowest BCUT2D eigenvalue weighted by Gasteiger charge is -2.18. The number of carbonyl (C=O) groups excluding carboxylic acids is 2. The van der Waals surface area contributed by atoms with Crippen molar-refractivity contribution in [2.75, 3.05) is 26.7 Å². The van der Waals surface area contributed by atoms with Crippen molar-refractivity contribution in [3.63, 3.8) is 0 Å². The summed E-state index contributed by atoms with van der Waals surface area (Å²) in [6.07, 6.45) is 0. The Bertz CT molecular complexity index is 585. The molecule has 0 saturated heterocycles. The van der Waals surface area contributed by atoms with Crippen LogP contribution in [-0.4, -0.2) is 48.6 Å². The predicted molar refractivity (Wildman–Crippen MR) is 80.8 cm³/mol. The number of aliphatic hydroxyl groups is 1. The molecule has 21 heavy (non-hydrogen) atoms. The standard InChI is InChI=1S/C16H20N2O3/c1-4-17-15(20)11-18(3)16(21)14-9-5-7-13(12(14)2)8-6-10-19/h5,7,9,19H,4,10-11H2,1-3H3,(H,17,20). The van der Waals surface area contributed by atoms with Gasteiger partial charge in [0.1, 0.15) is 6.61 Å². The van der Waals surface area contributed by atoms with Gasteiger partial charge in [-0.2, -0.15) is 0 Å². The molecule has 0 bridgehead atoms. The molecule has 0 spiro atoms. The van der Waals surface area contributed by atoms with Gasteiger partial charge in [-0.1, -0.05) is 17.9 Å². The summed E-state index contributed by atoms with van der Waals surface area (Å²) in [5, 5.41) is 11.4. The lowest BCUT2D eigenvalue weighted by molar-refractivity contribution is -0.121. The second-order valence-electron chi connectivity index (χ2n) is 4.55. The van der Waals surface area contributed by atoms with Crippen LogP contribution in [0.2, 0.25) is 0 Å². The van der Waals surface area contributed by atoms with Crippen molar-refractivity contribution < 1.29 is 14.7 Å². The second-order valence-corrected chi connectivity index (χ2v) is 4.55. The lowest BCUT2D eigenvalue weighted by atomic mass is 10.0. The number of nitrogens with one attached hydrogen (secondary N) is 1. The van der Waals surface area contributed by atoms with E-state index in [9.17, 15) is 9.59 Å². The summed E-state index contributed by atoms with van der Waals surface area (Å²) in [5.41, 5.74) is 1.94. The first kappa shape index (κ1) is 16.7. The van der Waals surface area contributed by atoms with Gasteiger partial charge in [-0.25, -0.2) is 0 Å². The molecule has 2 amide bonds. The Kier molecular flexibility index (Phi) is 6.44. The molecule has 0 atom stereocenters. The molecule has 2 N–H and O–H groups in total. The number of aliphatic hydroxyl groups excluding tert-OH is 1. The van der Waals surface area contributed by atoms with Crippen LogP contribution in [0.3, 0.4) is 0 Å². The fourth-order valence-electron chi connectivity index (χ4n) is 1.88. The summed E-state index contributed by atoms with van der Waals surface area (Å²) in [4.78, 5) is 25.3. The molecule has 0 radical (unpaired) electrons. The van der Waals surface area contributed by atoms with E-state index in [1.165, 1.54) is 4.90 Å². The van der Waals surface area contributed by atoms with Crippen molar-refractivity contribution >= 4 is 11.8 Å². The number of benzene rings is 1. The normalized spacial score (nSPS) is 9.52. The van der Waals surface area contributed by atoms with E-state index in [0.717, 1.165) is 5.56 Å². The molecule has 0 fully saturated rings. The maximum Gasteiger partial charge on any atom is 0.254 e. The topological polar surface area (TPSA) is 69.6 Å². The van der Waals surface area contributed by atoms with E-state index in [-0.39, 0.29) is 25.0 Å². The number of hydrogen-bond donors (Lipinski definition) is 2. The highest BCUT2D eigenvalue weighted by Crippen LogP contribution is 2.14. The highest BCUT2D eigenvalue weighted by molar-refractivity contribution is 5.98. The highest BCUT2D eigenvalue weighted by atomic mass is 16.2. The maximum absolute atomic E-state index is 12.4. The van der Waals surface area contributed by atoms with Gasteiger partial charge < -0.3 is 15.3 Å². The van der Waals surface area contributed by atoms with Gasteiger partial charge in [0.05, 0.1) is 6.54 Å². The molecule has 5 heteroatoms. The Morgan fingerprint density at radius 1 is 1.38 bits per heavy atom. The average Bonchev–Trinajstić information content (AvgIpc) is 2.45. The average molecular weight is 288 g/mol. The van der Waals surface area contributed by atoms with Crippen molar-refractivity contribution in [1.29, 1.82) is 0 Å². The minimum Gasteiger partial charge on any atom is -0.384 e. The van der Waals surface area contributed by atoms with E-state index in [4.69, 9.17) is 5.11 Å². The quantitative estimate of drug-likeness (QED) is 0.795. The zero-order valence-electron chi connectivity index (χ0n) is 12.6. The first-order valence-corrected chi connectivity index (χ1v) is 6.72. The number of nitrogens with zero attached hydrogens (tertiary/aromatic N) is 1. The first-order chi connectivity index (χ1) is 10.0. The summed E-state index contributed by atoms with van der Waals surface area (Å²) in [6.45, 7) is 3.95. The predicted octanol–water partition coefficient (Wildman–Crippen LogP) is 0.547. The molecule has 0 aliphatic carbocycles. The fraction of sp³-hybridized carbons (Fsp3) is 0.375. The number of carbonyl (C=O) groups is 2. The van der Waals surface area contributed by atoms with Gasteiger partial charge in [0.2, 0.25) is 5.91 Å². The molecule has 0 saturated carbocycles. The summed E-state index contributed by atoms with van der Waals surface area (Å²) in [6, 6.07) is 5.23. The Hall–Kier alpha value is -2.32. The third kappa shape index (κ3) is 4.62. The van der Waals surface area contributed by atoms with E-state index < -0.39 is 0 Å². The number of rotatable bonds is 4. The van der Waals surface area contributed by atoms with Crippen molar-refractivity contribution in [3.05, 3.63) is 34.9 Å². The molecule has 0 aromatic heterocycles.